The van der Waals surface area contributed by atoms with Crippen molar-refractivity contribution in [1.82, 2.24) is 15.3 Å². The van der Waals surface area contributed by atoms with Gasteiger partial charge >= 0.3 is 6.03 Å². The van der Waals surface area contributed by atoms with Crippen molar-refractivity contribution in [2.75, 3.05) is 5.32 Å². The van der Waals surface area contributed by atoms with Crippen LogP contribution in [0.5, 0.6) is 0 Å². The fourth-order valence-electron chi connectivity index (χ4n) is 2.25. The summed E-state index contributed by atoms with van der Waals surface area (Å²) in [4.78, 5) is 23.0. The average molecular weight is 338 g/mol. The third-order valence-corrected chi connectivity index (χ3v) is 4.66. The molecule has 0 aliphatic carbocycles. The van der Waals surface area contributed by atoms with E-state index in [0.29, 0.717) is 11.5 Å². The van der Waals surface area contributed by atoms with Crippen LogP contribution < -0.4 is 10.6 Å². The van der Waals surface area contributed by atoms with E-state index in [0.717, 1.165) is 10.4 Å². The highest BCUT2D eigenvalue weighted by Crippen LogP contribution is 2.22. The monoisotopic (exact) mass is 338 g/mol. The molecular formula is C18H18N4OS. The fourth-order valence-corrected chi connectivity index (χ4v) is 3.13. The Hall–Kier alpha value is -2.73. The molecule has 2 aromatic heterocycles. The summed E-state index contributed by atoms with van der Waals surface area (Å²) in [5.74, 6) is 0.629. The standard InChI is InChI=1S/C18H18N4OS/c1-12-8-9-16(24-12)13(2)21-18(23)22-15-10-19-17(20-11-15)14-6-4-3-5-7-14/h3-11,13H,1-2H3,(H2,21,22,23). The summed E-state index contributed by atoms with van der Waals surface area (Å²) in [5.41, 5.74) is 1.50. The van der Waals surface area contributed by atoms with Crippen molar-refractivity contribution in [3.05, 3.63) is 64.6 Å². The first-order chi connectivity index (χ1) is 11.6. The summed E-state index contributed by atoms with van der Waals surface area (Å²) in [6, 6.07) is 13.5. The maximum atomic E-state index is 12.1. The molecular weight excluding hydrogens is 320 g/mol. The van der Waals surface area contributed by atoms with Crippen LogP contribution in [0.4, 0.5) is 10.5 Å². The Bertz CT molecular complexity index is 815. The average Bonchev–Trinajstić information content (AvgIpc) is 3.03. The molecule has 2 amide bonds. The molecule has 1 aromatic carbocycles. The molecule has 2 heterocycles. The van der Waals surface area contributed by atoms with E-state index in [-0.39, 0.29) is 12.1 Å². The predicted molar refractivity (Wildman–Crippen MR) is 97.1 cm³/mol. The van der Waals surface area contributed by atoms with Gasteiger partial charge in [0, 0.05) is 15.3 Å². The molecule has 0 aliphatic heterocycles. The van der Waals surface area contributed by atoms with Crippen molar-refractivity contribution >= 4 is 23.1 Å². The number of benzene rings is 1. The lowest BCUT2D eigenvalue weighted by Gasteiger charge is -2.13. The minimum atomic E-state index is -0.274. The highest BCUT2D eigenvalue weighted by Gasteiger charge is 2.11. The van der Waals surface area contributed by atoms with E-state index < -0.39 is 0 Å². The van der Waals surface area contributed by atoms with E-state index >= 15 is 0 Å². The minimum absolute atomic E-state index is 0.0480. The van der Waals surface area contributed by atoms with Gasteiger partial charge in [0.2, 0.25) is 0 Å². The van der Waals surface area contributed by atoms with Gasteiger partial charge in [0.15, 0.2) is 5.82 Å². The maximum absolute atomic E-state index is 12.1. The molecule has 0 saturated carbocycles. The van der Waals surface area contributed by atoms with Crippen molar-refractivity contribution in [1.29, 1.82) is 0 Å². The predicted octanol–water partition coefficient (Wildman–Crippen LogP) is 4.40. The van der Waals surface area contributed by atoms with Crippen molar-refractivity contribution < 1.29 is 4.79 Å². The summed E-state index contributed by atoms with van der Waals surface area (Å²) < 4.78 is 0. The maximum Gasteiger partial charge on any atom is 0.319 e. The first kappa shape index (κ1) is 16.1. The Morgan fingerprint density at radius 1 is 1.08 bits per heavy atom. The number of carbonyl (C=O) groups is 1. The molecule has 2 N–H and O–H groups in total. The Morgan fingerprint density at radius 2 is 1.79 bits per heavy atom. The number of aromatic nitrogens is 2. The van der Waals surface area contributed by atoms with Gasteiger partial charge in [-0.2, -0.15) is 0 Å². The number of thiophene rings is 1. The summed E-state index contributed by atoms with van der Waals surface area (Å²) in [7, 11) is 0. The molecule has 1 unspecified atom stereocenters. The highest BCUT2D eigenvalue weighted by atomic mass is 32.1. The number of carbonyl (C=O) groups excluding carboxylic acids is 1. The Kier molecular flexibility index (Phi) is 4.86. The minimum Gasteiger partial charge on any atom is -0.331 e. The summed E-state index contributed by atoms with van der Waals surface area (Å²) in [5, 5.41) is 5.67. The molecule has 0 bridgehead atoms. The summed E-state index contributed by atoms with van der Waals surface area (Å²) in [6.07, 6.45) is 3.21. The van der Waals surface area contributed by atoms with Gasteiger partial charge in [-0.05, 0) is 26.0 Å². The highest BCUT2D eigenvalue weighted by molar-refractivity contribution is 7.12. The van der Waals surface area contributed by atoms with Crippen LogP contribution in [0.3, 0.4) is 0 Å². The molecule has 1 atom stereocenters. The zero-order valence-electron chi connectivity index (χ0n) is 13.5. The molecule has 0 fully saturated rings. The molecule has 0 radical (unpaired) electrons. The third kappa shape index (κ3) is 3.97. The van der Waals surface area contributed by atoms with Crippen molar-refractivity contribution in [3.8, 4) is 11.4 Å². The largest absolute Gasteiger partial charge is 0.331 e. The van der Waals surface area contributed by atoms with Crippen LogP contribution in [-0.2, 0) is 0 Å². The molecule has 5 nitrogen and oxygen atoms in total. The fraction of sp³-hybridized carbons (Fsp3) is 0.167. The van der Waals surface area contributed by atoms with Gasteiger partial charge in [-0.15, -0.1) is 11.3 Å². The van der Waals surface area contributed by atoms with Crippen LogP contribution in [0.15, 0.2) is 54.9 Å². The molecule has 0 saturated heterocycles. The van der Waals surface area contributed by atoms with Crippen LogP contribution in [0.2, 0.25) is 0 Å². The van der Waals surface area contributed by atoms with Gasteiger partial charge in [-0.3, -0.25) is 0 Å². The normalized spacial score (nSPS) is 11.8. The molecule has 6 heteroatoms. The number of hydrogen-bond donors (Lipinski definition) is 2. The van der Waals surface area contributed by atoms with E-state index in [1.54, 1.807) is 23.7 Å². The van der Waals surface area contributed by atoms with Crippen molar-refractivity contribution in [2.45, 2.75) is 19.9 Å². The molecule has 122 valence electrons. The Balaban J connectivity index is 1.60. The van der Waals surface area contributed by atoms with Crippen LogP contribution >= 0.6 is 11.3 Å². The second kappa shape index (κ2) is 7.23. The number of amides is 2. The van der Waals surface area contributed by atoms with E-state index in [9.17, 15) is 4.79 Å². The number of urea groups is 1. The molecule has 24 heavy (non-hydrogen) atoms. The third-order valence-electron chi connectivity index (χ3n) is 3.48. The van der Waals surface area contributed by atoms with Crippen molar-refractivity contribution in [3.63, 3.8) is 0 Å². The van der Waals surface area contributed by atoms with E-state index in [2.05, 4.69) is 20.6 Å². The van der Waals surface area contributed by atoms with Gasteiger partial charge in [-0.25, -0.2) is 14.8 Å². The van der Waals surface area contributed by atoms with Gasteiger partial charge in [0.05, 0.1) is 24.1 Å². The van der Waals surface area contributed by atoms with Gasteiger partial charge in [0.1, 0.15) is 0 Å². The molecule has 0 spiro atoms. The second-order valence-electron chi connectivity index (χ2n) is 5.43. The van der Waals surface area contributed by atoms with Crippen LogP contribution in [-0.4, -0.2) is 16.0 Å². The zero-order valence-corrected chi connectivity index (χ0v) is 14.3. The number of nitrogens with zero attached hydrogens (tertiary/aromatic N) is 2. The van der Waals surface area contributed by atoms with E-state index in [1.807, 2.05) is 56.3 Å². The SMILES string of the molecule is Cc1ccc(C(C)NC(=O)Nc2cnc(-c3ccccc3)nc2)s1. The van der Waals surface area contributed by atoms with Gasteiger partial charge < -0.3 is 10.6 Å². The van der Waals surface area contributed by atoms with Crippen LogP contribution in [0.25, 0.3) is 11.4 Å². The summed E-state index contributed by atoms with van der Waals surface area (Å²) >= 11 is 1.68. The first-order valence-electron chi connectivity index (χ1n) is 7.63. The lowest BCUT2D eigenvalue weighted by Crippen LogP contribution is -2.30. The Labute approximate surface area is 144 Å². The first-order valence-corrected chi connectivity index (χ1v) is 8.45. The topological polar surface area (TPSA) is 66.9 Å². The number of aryl methyl sites for hydroxylation is 1. The van der Waals surface area contributed by atoms with E-state index in [4.69, 9.17) is 0 Å². The molecule has 3 rings (SSSR count). The van der Waals surface area contributed by atoms with Crippen LogP contribution in [0, 0.1) is 6.92 Å². The van der Waals surface area contributed by atoms with E-state index in [1.165, 1.54) is 4.88 Å². The number of anilines is 1. The smallest absolute Gasteiger partial charge is 0.319 e. The number of nitrogens with one attached hydrogen (secondary N) is 2. The van der Waals surface area contributed by atoms with Crippen LogP contribution in [0.1, 0.15) is 22.7 Å². The van der Waals surface area contributed by atoms with Crippen molar-refractivity contribution in [2.24, 2.45) is 0 Å². The lowest BCUT2D eigenvalue weighted by atomic mass is 10.2. The second-order valence-corrected chi connectivity index (χ2v) is 6.75. The van der Waals surface area contributed by atoms with Gasteiger partial charge in [-0.1, -0.05) is 30.3 Å². The summed E-state index contributed by atoms with van der Waals surface area (Å²) in [6.45, 7) is 4.01. The molecule has 0 aliphatic rings. The zero-order chi connectivity index (χ0) is 16.9. The number of hydrogen-bond acceptors (Lipinski definition) is 4. The lowest BCUT2D eigenvalue weighted by molar-refractivity contribution is 0.249. The quantitative estimate of drug-likeness (QED) is 0.741. The Morgan fingerprint density at radius 3 is 2.42 bits per heavy atom. The molecule has 3 aromatic rings. The number of rotatable bonds is 4. The van der Waals surface area contributed by atoms with Gasteiger partial charge in [0.25, 0.3) is 0 Å².